The minimum Gasteiger partial charge on any atom is -0.496 e. The molecule has 0 saturated heterocycles. The molecule has 0 aliphatic carbocycles. The molecule has 0 spiro atoms. The highest BCUT2D eigenvalue weighted by molar-refractivity contribution is 14.1. The molecule has 5 nitrogen and oxygen atoms in total. The minimum absolute atomic E-state index is 0.280. The van der Waals surface area contributed by atoms with E-state index < -0.39 is 0 Å². The molecule has 1 aromatic carbocycles. The topological polar surface area (TPSA) is 63.6 Å². The molecule has 0 bridgehead atoms. The molecule has 0 atom stereocenters. The predicted octanol–water partition coefficient (Wildman–Crippen LogP) is 2.46. The molecule has 20 heavy (non-hydrogen) atoms. The van der Waals surface area contributed by atoms with Gasteiger partial charge in [0.25, 0.3) is 5.91 Å². The van der Waals surface area contributed by atoms with Crippen molar-refractivity contribution in [3.05, 3.63) is 57.4 Å². The van der Waals surface area contributed by atoms with Crippen LogP contribution in [0.5, 0.6) is 5.75 Å². The van der Waals surface area contributed by atoms with Crippen LogP contribution >= 0.6 is 22.6 Å². The number of benzene rings is 1. The summed E-state index contributed by atoms with van der Waals surface area (Å²) >= 11 is 2.11. The quantitative estimate of drug-likeness (QED) is 0.503. The summed E-state index contributed by atoms with van der Waals surface area (Å²) in [6, 6.07) is 10.6. The van der Waals surface area contributed by atoms with Crippen molar-refractivity contribution < 1.29 is 9.53 Å². The normalized spacial score (nSPS) is 10.5. The van der Waals surface area contributed by atoms with E-state index in [4.69, 9.17) is 4.74 Å². The van der Waals surface area contributed by atoms with Crippen molar-refractivity contribution in [2.24, 2.45) is 5.10 Å². The summed E-state index contributed by atoms with van der Waals surface area (Å²) in [5, 5.41) is 3.87. The molecule has 102 valence electrons. The Kier molecular flexibility index (Phi) is 5.05. The summed E-state index contributed by atoms with van der Waals surface area (Å²) in [5.74, 6) is 0.455. The number of halogens is 1. The number of pyridine rings is 1. The molecule has 1 aromatic heterocycles. The smallest absolute Gasteiger partial charge is 0.271 e. The Morgan fingerprint density at radius 1 is 1.40 bits per heavy atom. The molecular weight excluding hydrogens is 369 g/mol. The molecule has 0 radical (unpaired) electrons. The van der Waals surface area contributed by atoms with E-state index in [1.807, 2.05) is 12.1 Å². The van der Waals surface area contributed by atoms with Crippen molar-refractivity contribution in [1.82, 2.24) is 10.4 Å². The number of ether oxygens (including phenoxy) is 1. The number of nitrogens with zero attached hydrogens (tertiary/aromatic N) is 2. The Hall–Kier alpha value is -1.96. The van der Waals surface area contributed by atoms with Crippen molar-refractivity contribution >= 4 is 34.7 Å². The highest BCUT2D eigenvalue weighted by Gasteiger charge is 2.07. The maximum absolute atomic E-state index is 11.9. The summed E-state index contributed by atoms with van der Waals surface area (Å²) in [4.78, 5) is 16.0. The number of rotatable bonds is 4. The largest absolute Gasteiger partial charge is 0.496 e. The molecule has 1 heterocycles. The standard InChI is InChI=1S/C14H12IN3O2/c1-20-13-6-5-10(8-12(13)15)14(19)18-17-9-11-4-2-3-7-16-11/h2-9H,1H3,(H,18,19). The summed E-state index contributed by atoms with van der Waals surface area (Å²) in [6.45, 7) is 0. The van der Waals surface area contributed by atoms with E-state index in [1.165, 1.54) is 6.21 Å². The van der Waals surface area contributed by atoms with E-state index in [-0.39, 0.29) is 5.91 Å². The second-order valence-electron chi connectivity index (χ2n) is 3.80. The monoisotopic (exact) mass is 381 g/mol. The molecule has 1 amide bonds. The Morgan fingerprint density at radius 3 is 2.90 bits per heavy atom. The Labute approximate surface area is 130 Å². The molecule has 0 fully saturated rings. The highest BCUT2D eigenvalue weighted by Crippen LogP contribution is 2.21. The number of carbonyl (C=O) groups excluding carboxylic acids is 1. The maximum atomic E-state index is 11.9. The molecule has 2 rings (SSSR count). The van der Waals surface area contributed by atoms with Crippen LogP contribution < -0.4 is 10.2 Å². The fraction of sp³-hybridized carbons (Fsp3) is 0.0714. The zero-order valence-electron chi connectivity index (χ0n) is 10.7. The zero-order chi connectivity index (χ0) is 14.4. The highest BCUT2D eigenvalue weighted by atomic mass is 127. The van der Waals surface area contributed by atoms with Crippen molar-refractivity contribution in [3.63, 3.8) is 0 Å². The summed E-state index contributed by atoms with van der Waals surface area (Å²) < 4.78 is 6.01. The van der Waals surface area contributed by atoms with Crippen LogP contribution in [0.2, 0.25) is 0 Å². The van der Waals surface area contributed by atoms with Crippen molar-refractivity contribution in [1.29, 1.82) is 0 Å². The fourth-order valence-corrected chi connectivity index (χ4v) is 2.22. The molecule has 0 unspecified atom stereocenters. The number of methoxy groups -OCH3 is 1. The van der Waals surface area contributed by atoms with E-state index in [0.29, 0.717) is 11.3 Å². The van der Waals surface area contributed by atoms with Crippen LogP contribution in [0.1, 0.15) is 16.1 Å². The second kappa shape index (κ2) is 6.99. The van der Waals surface area contributed by atoms with Gasteiger partial charge in [-0.05, 0) is 52.9 Å². The third-order valence-corrected chi connectivity index (χ3v) is 3.31. The SMILES string of the molecule is COc1ccc(C(=O)NN=Cc2ccccn2)cc1I. The molecule has 1 N–H and O–H groups in total. The van der Waals surface area contributed by atoms with Crippen LogP contribution in [0.3, 0.4) is 0 Å². The summed E-state index contributed by atoms with van der Waals surface area (Å²) in [6.07, 6.45) is 3.15. The lowest BCUT2D eigenvalue weighted by Crippen LogP contribution is -2.17. The van der Waals surface area contributed by atoms with Gasteiger partial charge in [0.1, 0.15) is 5.75 Å². The number of nitrogens with one attached hydrogen (secondary N) is 1. The number of hydrazone groups is 1. The van der Waals surface area contributed by atoms with Crippen molar-refractivity contribution in [3.8, 4) is 5.75 Å². The van der Waals surface area contributed by atoms with Gasteiger partial charge >= 0.3 is 0 Å². The van der Waals surface area contributed by atoms with Gasteiger partial charge in [0.05, 0.1) is 22.6 Å². The minimum atomic E-state index is -0.280. The number of carbonyl (C=O) groups is 1. The van der Waals surface area contributed by atoms with Gasteiger partial charge in [0, 0.05) is 11.8 Å². The fourth-order valence-electron chi connectivity index (χ4n) is 1.48. The molecular formula is C14H12IN3O2. The first-order valence-corrected chi connectivity index (χ1v) is 6.86. The number of hydrogen-bond donors (Lipinski definition) is 1. The lowest BCUT2D eigenvalue weighted by Gasteiger charge is -2.05. The third-order valence-electron chi connectivity index (χ3n) is 2.46. The van der Waals surface area contributed by atoms with Gasteiger partial charge in [0.15, 0.2) is 0 Å². The molecule has 2 aromatic rings. The first-order chi connectivity index (χ1) is 9.70. The van der Waals surface area contributed by atoms with Gasteiger partial charge < -0.3 is 4.74 Å². The predicted molar refractivity (Wildman–Crippen MR) is 85.0 cm³/mol. The van der Waals surface area contributed by atoms with E-state index >= 15 is 0 Å². The van der Waals surface area contributed by atoms with E-state index in [2.05, 4.69) is 38.1 Å². The van der Waals surface area contributed by atoms with E-state index in [0.717, 1.165) is 9.32 Å². The number of hydrogen-bond acceptors (Lipinski definition) is 4. The molecule has 0 saturated carbocycles. The number of amides is 1. The lowest BCUT2D eigenvalue weighted by atomic mass is 10.2. The second-order valence-corrected chi connectivity index (χ2v) is 4.97. The van der Waals surface area contributed by atoms with Gasteiger partial charge in [0.2, 0.25) is 0 Å². The zero-order valence-corrected chi connectivity index (χ0v) is 12.9. The van der Waals surface area contributed by atoms with Crippen LogP contribution in [0, 0.1) is 3.57 Å². The van der Waals surface area contributed by atoms with Gasteiger partial charge in [-0.2, -0.15) is 5.10 Å². The summed E-state index contributed by atoms with van der Waals surface area (Å²) in [7, 11) is 1.59. The molecule has 0 aliphatic rings. The van der Waals surface area contributed by atoms with Crippen LogP contribution in [0.4, 0.5) is 0 Å². The van der Waals surface area contributed by atoms with Gasteiger partial charge in [-0.15, -0.1) is 0 Å². The Bertz CT molecular complexity index is 630. The third kappa shape index (κ3) is 3.77. The van der Waals surface area contributed by atoms with E-state index in [9.17, 15) is 4.79 Å². The van der Waals surface area contributed by atoms with Crippen LogP contribution in [-0.4, -0.2) is 24.2 Å². The average Bonchev–Trinajstić information content (AvgIpc) is 2.48. The lowest BCUT2D eigenvalue weighted by molar-refractivity contribution is 0.0955. The first-order valence-electron chi connectivity index (χ1n) is 5.78. The Morgan fingerprint density at radius 2 is 2.25 bits per heavy atom. The molecule has 0 aliphatic heterocycles. The molecule has 6 heteroatoms. The number of aromatic nitrogens is 1. The van der Waals surface area contributed by atoms with Crippen molar-refractivity contribution in [2.45, 2.75) is 0 Å². The van der Waals surface area contributed by atoms with Gasteiger partial charge in [-0.25, -0.2) is 5.43 Å². The summed E-state index contributed by atoms with van der Waals surface area (Å²) in [5.41, 5.74) is 3.66. The first kappa shape index (κ1) is 14.4. The van der Waals surface area contributed by atoms with Gasteiger partial charge in [-0.3, -0.25) is 9.78 Å². The maximum Gasteiger partial charge on any atom is 0.271 e. The van der Waals surface area contributed by atoms with Crippen LogP contribution in [-0.2, 0) is 0 Å². The Balaban J connectivity index is 2.02. The average molecular weight is 381 g/mol. The van der Waals surface area contributed by atoms with E-state index in [1.54, 1.807) is 37.6 Å². The van der Waals surface area contributed by atoms with Gasteiger partial charge in [-0.1, -0.05) is 6.07 Å². The van der Waals surface area contributed by atoms with Crippen LogP contribution in [0.25, 0.3) is 0 Å². The van der Waals surface area contributed by atoms with Crippen LogP contribution in [0.15, 0.2) is 47.7 Å². The van der Waals surface area contributed by atoms with Crippen molar-refractivity contribution in [2.75, 3.05) is 7.11 Å².